The van der Waals surface area contributed by atoms with Gasteiger partial charge in [0.2, 0.25) is 0 Å². The Hall–Kier alpha value is -1.76. The molecule has 1 aromatic carbocycles. The number of aromatic nitrogens is 1. The van der Waals surface area contributed by atoms with Crippen molar-refractivity contribution in [1.82, 2.24) is 4.98 Å². The lowest BCUT2D eigenvalue weighted by Crippen LogP contribution is -2.10. The summed E-state index contributed by atoms with van der Waals surface area (Å²) in [5, 5.41) is 0. The van der Waals surface area contributed by atoms with Crippen molar-refractivity contribution in [2.45, 2.75) is 26.2 Å². The van der Waals surface area contributed by atoms with Crippen molar-refractivity contribution in [3.05, 3.63) is 59.4 Å². The van der Waals surface area contributed by atoms with E-state index in [1.54, 1.807) is 0 Å². The minimum atomic E-state index is 0.225. The second-order valence-corrected chi connectivity index (χ2v) is 5.35. The number of benzene rings is 1. The summed E-state index contributed by atoms with van der Waals surface area (Å²) < 4.78 is 0. The highest BCUT2D eigenvalue weighted by Crippen LogP contribution is 2.22. The average molecular weight is 225 g/mol. The zero-order chi connectivity index (χ0) is 12.3. The first-order valence-electron chi connectivity index (χ1n) is 5.97. The highest BCUT2D eigenvalue weighted by molar-refractivity contribution is 5.69. The Bertz CT molecular complexity index is 481. The van der Waals surface area contributed by atoms with Gasteiger partial charge in [0.1, 0.15) is 0 Å². The molecule has 0 unspecified atom stereocenters. The molecule has 1 N–H and O–H groups in total. The molecule has 0 aliphatic rings. The molecule has 88 valence electrons. The molecule has 0 fully saturated rings. The zero-order valence-electron chi connectivity index (χ0n) is 10.7. The largest absolute Gasteiger partial charge is 0.367 e. The van der Waals surface area contributed by atoms with Crippen molar-refractivity contribution in [2.75, 3.05) is 0 Å². The summed E-state index contributed by atoms with van der Waals surface area (Å²) in [5.41, 5.74) is 4.03. The summed E-state index contributed by atoms with van der Waals surface area (Å²) in [5.74, 6) is 0. The van der Waals surface area contributed by atoms with E-state index in [2.05, 4.69) is 68.2 Å². The number of H-pyrrole nitrogens is 1. The molecule has 17 heavy (non-hydrogen) atoms. The molecule has 0 saturated carbocycles. The lowest BCUT2D eigenvalue weighted by molar-refractivity contribution is 0.590. The van der Waals surface area contributed by atoms with Crippen molar-refractivity contribution in [2.24, 2.45) is 0 Å². The Labute approximate surface area is 103 Å². The maximum absolute atomic E-state index is 3.04. The Morgan fingerprint density at radius 2 is 1.53 bits per heavy atom. The van der Waals surface area contributed by atoms with Gasteiger partial charge in [-0.3, -0.25) is 0 Å². The molecular formula is C16H19N. The lowest BCUT2D eigenvalue weighted by atomic mass is 9.87. The van der Waals surface area contributed by atoms with E-state index in [9.17, 15) is 0 Å². The smallest absolute Gasteiger partial charge is 0.00781 e. The predicted molar refractivity (Wildman–Crippen MR) is 74.9 cm³/mol. The van der Waals surface area contributed by atoms with Crippen LogP contribution in [-0.4, -0.2) is 4.98 Å². The number of aromatic amines is 1. The van der Waals surface area contributed by atoms with Gasteiger partial charge < -0.3 is 4.98 Å². The Morgan fingerprint density at radius 3 is 2.06 bits per heavy atom. The average Bonchev–Trinajstić information content (AvgIpc) is 2.78. The van der Waals surface area contributed by atoms with Crippen LogP contribution in [-0.2, 0) is 5.41 Å². The van der Waals surface area contributed by atoms with Gasteiger partial charge in [0.25, 0.3) is 0 Å². The van der Waals surface area contributed by atoms with Gasteiger partial charge in [0.05, 0.1) is 0 Å². The highest BCUT2D eigenvalue weighted by Gasteiger charge is 2.12. The molecular weight excluding hydrogens is 206 g/mol. The van der Waals surface area contributed by atoms with Gasteiger partial charge in [-0.25, -0.2) is 0 Å². The first-order valence-corrected chi connectivity index (χ1v) is 5.97. The third kappa shape index (κ3) is 3.10. The second-order valence-electron chi connectivity index (χ2n) is 5.35. The highest BCUT2D eigenvalue weighted by atomic mass is 14.6. The molecule has 0 spiro atoms. The number of nitrogens with one attached hydrogen (secondary N) is 1. The first kappa shape index (κ1) is 11.7. The molecule has 1 heteroatoms. The molecule has 0 amide bonds. The van der Waals surface area contributed by atoms with Crippen molar-refractivity contribution >= 4 is 12.2 Å². The minimum absolute atomic E-state index is 0.225. The topological polar surface area (TPSA) is 15.8 Å². The van der Waals surface area contributed by atoms with Gasteiger partial charge in [-0.15, -0.1) is 0 Å². The molecule has 1 nitrogen and oxygen atoms in total. The molecule has 2 rings (SSSR count). The fourth-order valence-electron chi connectivity index (χ4n) is 1.73. The van der Waals surface area contributed by atoms with Crippen molar-refractivity contribution in [3.63, 3.8) is 0 Å². The lowest BCUT2D eigenvalue weighted by Gasteiger charge is -2.18. The van der Waals surface area contributed by atoms with Crippen LogP contribution in [0.3, 0.4) is 0 Å². The van der Waals surface area contributed by atoms with Crippen LogP contribution in [0.5, 0.6) is 0 Å². The van der Waals surface area contributed by atoms with E-state index in [1.165, 1.54) is 16.7 Å². The summed E-state index contributed by atoms with van der Waals surface area (Å²) in [6, 6.07) is 10.8. The molecule has 0 bridgehead atoms. The molecule has 0 saturated heterocycles. The molecule has 0 aliphatic carbocycles. The molecule has 2 aromatic rings. The van der Waals surface area contributed by atoms with E-state index >= 15 is 0 Å². The zero-order valence-corrected chi connectivity index (χ0v) is 10.7. The van der Waals surface area contributed by atoms with Gasteiger partial charge in [-0.1, -0.05) is 57.2 Å². The maximum atomic E-state index is 3.04. The molecule has 0 atom stereocenters. The summed E-state index contributed by atoms with van der Waals surface area (Å²) in [4.78, 5) is 3.04. The van der Waals surface area contributed by atoms with Crippen LogP contribution in [0.1, 0.15) is 37.5 Å². The van der Waals surface area contributed by atoms with Crippen LogP contribution in [0.15, 0.2) is 42.7 Å². The van der Waals surface area contributed by atoms with Crippen molar-refractivity contribution in [3.8, 4) is 0 Å². The first-order chi connectivity index (χ1) is 8.05. The third-order valence-corrected chi connectivity index (χ3v) is 2.87. The van der Waals surface area contributed by atoms with Crippen LogP contribution in [0.4, 0.5) is 0 Å². The Morgan fingerprint density at radius 1 is 0.882 bits per heavy atom. The van der Waals surface area contributed by atoms with Gasteiger partial charge in [-0.05, 0) is 28.2 Å². The SMILES string of the molecule is CC(C)(C)c1ccc(C=Cc2cc[nH]c2)cc1. The monoisotopic (exact) mass is 225 g/mol. The fourth-order valence-corrected chi connectivity index (χ4v) is 1.73. The molecule has 0 radical (unpaired) electrons. The fraction of sp³-hybridized carbons (Fsp3) is 0.250. The van der Waals surface area contributed by atoms with Crippen LogP contribution in [0.2, 0.25) is 0 Å². The molecule has 1 aromatic heterocycles. The molecule has 0 aliphatic heterocycles. The maximum Gasteiger partial charge on any atom is 0.00781 e. The van der Waals surface area contributed by atoms with E-state index in [0.29, 0.717) is 0 Å². The number of rotatable bonds is 2. The standard InChI is InChI=1S/C16H19N/c1-16(2,3)15-8-6-13(7-9-15)4-5-14-10-11-17-12-14/h4-12,17H,1-3H3. The van der Waals surface area contributed by atoms with E-state index < -0.39 is 0 Å². The van der Waals surface area contributed by atoms with Crippen LogP contribution >= 0.6 is 0 Å². The summed E-state index contributed by atoms with van der Waals surface area (Å²) in [7, 11) is 0. The number of hydrogen-bond donors (Lipinski definition) is 1. The van der Waals surface area contributed by atoms with Crippen molar-refractivity contribution < 1.29 is 0 Å². The predicted octanol–water partition coefficient (Wildman–Crippen LogP) is 4.48. The van der Waals surface area contributed by atoms with Crippen LogP contribution in [0, 0.1) is 0 Å². The Balaban J connectivity index is 2.14. The van der Waals surface area contributed by atoms with Gasteiger partial charge in [0, 0.05) is 12.4 Å². The normalized spacial score (nSPS) is 12.2. The number of hydrogen-bond acceptors (Lipinski definition) is 0. The summed E-state index contributed by atoms with van der Waals surface area (Å²) in [6.07, 6.45) is 8.17. The summed E-state index contributed by atoms with van der Waals surface area (Å²) in [6.45, 7) is 6.70. The van der Waals surface area contributed by atoms with E-state index in [0.717, 1.165) is 0 Å². The quantitative estimate of drug-likeness (QED) is 0.775. The van der Waals surface area contributed by atoms with E-state index in [-0.39, 0.29) is 5.41 Å². The van der Waals surface area contributed by atoms with E-state index in [4.69, 9.17) is 0 Å². The van der Waals surface area contributed by atoms with Crippen molar-refractivity contribution in [1.29, 1.82) is 0 Å². The summed E-state index contributed by atoms with van der Waals surface area (Å²) >= 11 is 0. The molecule has 1 heterocycles. The van der Waals surface area contributed by atoms with Gasteiger partial charge in [-0.2, -0.15) is 0 Å². The minimum Gasteiger partial charge on any atom is -0.367 e. The third-order valence-electron chi connectivity index (χ3n) is 2.87. The van der Waals surface area contributed by atoms with Gasteiger partial charge in [0.15, 0.2) is 0 Å². The Kier molecular flexibility index (Phi) is 3.19. The van der Waals surface area contributed by atoms with E-state index in [1.807, 2.05) is 12.4 Å². The van der Waals surface area contributed by atoms with Crippen LogP contribution in [0.25, 0.3) is 12.2 Å². The second kappa shape index (κ2) is 4.62. The van der Waals surface area contributed by atoms with Crippen LogP contribution < -0.4 is 0 Å². The van der Waals surface area contributed by atoms with Gasteiger partial charge >= 0.3 is 0 Å².